The largest absolute Gasteiger partial charge is 0.416 e. The maximum Gasteiger partial charge on any atom is 0.416 e. The van der Waals surface area contributed by atoms with Crippen molar-refractivity contribution in [2.75, 3.05) is 31.8 Å². The van der Waals surface area contributed by atoms with Gasteiger partial charge < -0.3 is 4.74 Å². The predicted octanol–water partition coefficient (Wildman–Crippen LogP) is 3.29. The van der Waals surface area contributed by atoms with Crippen molar-refractivity contribution in [1.82, 2.24) is 4.90 Å². The fourth-order valence-corrected chi connectivity index (χ4v) is 5.03. The van der Waals surface area contributed by atoms with Crippen molar-refractivity contribution in [2.45, 2.75) is 38.0 Å². The minimum atomic E-state index is -4.40. The molecule has 1 aliphatic rings. The SMILES string of the molecule is COCCN([C@@H]1CCCS(=O)(=O)C1)[C@H](C)c1cccc(C(F)(F)F)c1. The van der Waals surface area contributed by atoms with E-state index >= 15 is 0 Å². The summed E-state index contributed by atoms with van der Waals surface area (Å²) in [5.74, 6) is 0.222. The maximum absolute atomic E-state index is 13.0. The molecule has 0 spiro atoms. The Labute approximate surface area is 146 Å². The highest BCUT2D eigenvalue weighted by atomic mass is 32.2. The van der Waals surface area contributed by atoms with Gasteiger partial charge in [0.25, 0.3) is 0 Å². The van der Waals surface area contributed by atoms with Crippen molar-refractivity contribution in [3.8, 4) is 0 Å². The minimum absolute atomic E-state index is 0.0417. The second-order valence-electron chi connectivity index (χ2n) is 6.44. The number of nitrogens with zero attached hydrogens (tertiary/aromatic N) is 1. The molecule has 25 heavy (non-hydrogen) atoms. The normalized spacial score (nSPS) is 22.1. The highest BCUT2D eigenvalue weighted by Gasteiger charge is 2.34. The molecule has 1 aromatic rings. The molecule has 8 heteroatoms. The minimum Gasteiger partial charge on any atom is -0.383 e. The Bertz CT molecular complexity index is 676. The van der Waals surface area contributed by atoms with Crippen molar-refractivity contribution in [1.29, 1.82) is 0 Å². The average molecular weight is 379 g/mol. The Hall–Kier alpha value is -1.12. The lowest BCUT2D eigenvalue weighted by Crippen LogP contribution is -2.46. The van der Waals surface area contributed by atoms with Crippen LogP contribution in [0, 0.1) is 0 Å². The molecule has 1 heterocycles. The van der Waals surface area contributed by atoms with Crippen LogP contribution < -0.4 is 0 Å². The molecular weight excluding hydrogens is 355 g/mol. The van der Waals surface area contributed by atoms with Crippen molar-refractivity contribution in [2.24, 2.45) is 0 Å². The average Bonchev–Trinajstić information content (AvgIpc) is 2.53. The van der Waals surface area contributed by atoms with Gasteiger partial charge in [-0.3, -0.25) is 4.90 Å². The molecule has 0 bridgehead atoms. The summed E-state index contributed by atoms with van der Waals surface area (Å²) in [4.78, 5) is 1.95. The Morgan fingerprint density at radius 2 is 2.08 bits per heavy atom. The number of sulfone groups is 1. The van der Waals surface area contributed by atoms with E-state index in [1.807, 2.05) is 11.8 Å². The molecule has 1 aliphatic heterocycles. The second kappa shape index (κ2) is 8.05. The van der Waals surface area contributed by atoms with Crippen LogP contribution in [0.25, 0.3) is 0 Å². The summed E-state index contributed by atoms with van der Waals surface area (Å²) in [5, 5.41) is 0. The van der Waals surface area contributed by atoms with E-state index in [0.29, 0.717) is 31.6 Å². The zero-order valence-electron chi connectivity index (χ0n) is 14.4. The van der Waals surface area contributed by atoms with Gasteiger partial charge in [-0.25, -0.2) is 8.42 Å². The third-order valence-corrected chi connectivity index (χ3v) is 6.46. The monoisotopic (exact) mass is 379 g/mol. The van der Waals surface area contributed by atoms with Crippen molar-refractivity contribution in [3.05, 3.63) is 35.4 Å². The Morgan fingerprint density at radius 1 is 1.36 bits per heavy atom. The number of methoxy groups -OCH3 is 1. The molecule has 0 aliphatic carbocycles. The fraction of sp³-hybridized carbons (Fsp3) is 0.647. The van der Waals surface area contributed by atoms with Crippen LogP contribution in [0.15, 0.2) is 24.3 Å². The summed E-state index contributed by atoms with van der Waals surface area (Å²) in [6.45, 7) is 2.67. The number of benzene rings is 1. The molecule has 1 saturated heterocycles. The first-order valence-electron chi connectivity index (χ1n) is 8.26. The van der Waals surface area contributed by atoms with E-state index in [2.05, 4.69) is 0 Å². The van der Waals surface area contributed by atoms with Crippen molar-refractivity contribution in [3.63, 3.8) is 0 Å². The summed E-state index contributed by atoms with van der Waals surface area (Å²) >= 11 is 0. The van der Waals surface area contributed by atoms with Gasteiger partial charge in [0.15, 0.2) is 9.84 Å². The molecule has 0 saturated carbocycles. The molecule has 0 aromatic heterocycles. The van der Waals surface area contributed by atoms with E-state index in [0.717, 1.165) is 12.1 Å². The molecular formula is C17H24F3NO3S. The molecule has 0 unspecified atom stereocenters. The van der Waals surface area contributed by atoms with E-state index in [4.69, 9.17) is 4.74 Å². The Balaban J connectivity index is 2.28. The van der Waals surface area contributed by atoms with Crippen LogP contribution in [-0.4, -0.2) is 51.1 Å². The van der Waals surface area contributed by atoms with Crippen LogP contribution in [-0.2, 0) is 20.8 Å². The van der Waals surface area contributed by atoms with E-state index in [1.54, 1.807) is 13.2 Å². The first-order chi connectivity index (χ1) is 11.6. The zero-order chi connectivity index (χ0) is 18.7. The van der Waals surface area contributed by atoms with Crippen molar-refractivity contribution < 1.29 is 26.3 Å². The quantitative estimate of drug-likeness (QED) is 0.761. The fourth-order valence-electron chi connectivity index (χ4n) is 3.32. The summed E-state index contributed by atoms with van der Waals surface area (Å²) in [6.07, 6.45) is -3.11. The van der Waals surface area contributed by atoms with Gasteiger partial charge in [0, 0.05) is 25.7 Å². The van der Waals surface area contributed by atoms with Gasteiger partial charge in [-0.05, 0) is 37.5 Å². The van der Waals surface area contributed by atoms with E-state index in [1.165, 1.54) is 6.07 Å². The van der Waals surface area contributed by atoms with Crippen LogP contribution in [0.1, 0.15) is 36.9 Å². The first kappa shape index (κ1) is 20.2. The molecule has 1 aromatic carbocycles. The molecule has 0 N–H and O–H groups in total. The van der Waals surface area contributed by atoms with Crippen LogP contribution in [0.2, 0.25) is 0 Å². The van der Waals surface area contributed by atoms with Gasteiger partial charge in [0.1, 0.15) is 0 Å². The Morgan fingerprint density at radius 3 is 2.68 bits per heavy atom. The smallest absolute Gasteiger partial charge is 0.383 e. The molecule has 0 radical (unpaired) electrons. The van der Waals surface area contributed by atoms with Gasteiger partial charge in [-0.2, -0.15) is 13.2 Å². The number of ether oxygens (including phenoxy) is 1. The molecule has 1 fully saturated rings. The summed E-state index contributed by atoms with van der Waals surface area (Å²) in [7, 11) is -1.57. The van der Waals surface area contributed by atoms with Crippen molar-refractivity contribution >= 4 is 9.84 Å². The summed E-state index contributed by atoms with van der Waals surface area (Å²) in [6, 6.07) is 4.68. The van der Waals surface area contributed by atoms with Crippen LogP contribution in [0.3, 0.4) is 0 Å². The van der Waals surface area contributed by atoms with Gasteiger partial charge >= 0.3 is 6.18 Å². The molecule has 2 rings (SSSR count). The Kier molecular flexibility index (Phi) is 6.51. The standard InChI is InChI=1S/C17H24F3NO3S/c1-13(14-5-3-6-15(11-14)17(18,19)20)21(8-9-24-2)16-7-4-10-25(22,23)12-16/h3,5-6,11,13,16H,4,7-10,12H2,1-2H3/t13-,16-/m1/s1. The third-order valence-electron chi connectivity index (χ3n) is 4.66. The molecule has 0 amide bonds. The van der Waals surface area contributed by atoms with Crippen LogP contribution in [0.5, 0.6) is 0 Å². The first-order valence-corrected chi connectivity index (χ1v) is 10.1. The number of halogens is 3. The predicted molar refractivity (Wildman–Crippen MR) is 90.1 cm³/mol. The van der Waals surface area contributed by atoms with Gasteiger partial charge in [0.2, 0.25) is 0 Å². The van der Waals surface area contributed by atoms with Gasteiger partial charge in [-0.1, -0.05) is 12.1 Å². The lowest BCUT2D eigenvalue weighted by molar-refractivity contribution is -0.137. The summed E-state index contributed by atoms with van der Waals surface area (Å²) in [5.41, 5.74) is -0.172. The van der Waals surface area contributed by atoms with E-state index < -0.39 is 21.6 Å². The van der Waals surface area contributed by atoms with Crippen LogP contribution in [0.4, 0.5) is 13.2 Å². The number of alkyl halides is 3. The topological polar surface area (TPSA) is 46.6 Å². The number of hydrogen-bond acceptors (Lipinski definition) is 4. The zero-order valence-corrected chi connectivity index (χ0v) is 15.2. The number of rotatable bonds is 6. The lowest BCUT2D eigenvalue weighted by Gasteiger charge is -2.38. The summed E-state index contributed by atoms with van der Waals surface area (Å²) < 4.78 is 68.0. The van der Waals surface area contributed by atoms with E-state index in [9.17, 15) is 21.6 Å². The third kappa shape index (κ3) is 5.43. The molecule has 142 valence electrons. The second-order valence-corrected chi connectivity index (χ2v) is 8.67. The van der Waals surface area contributed by atoms with Gasteiger partial charge in [0.05, 0.1) is 23.7 Å². The highest BCUT2D eigenvalue weighted by Crippen LogP contribution is 2.33. The van der Waals surface area contributed by atoms with E-state index in [-0.39, 0.29) is 23.6 Å². The lowest BCUT2D eigenvalue weighted by atomic mass is 10.0. The van der Waals surface area contributed by atoms with Gasteiger partial charge in [-0.15, -0.1) is 0 Å². The number of hydrogen-bond donors (Lipinski definition) is 0. The molecule has 4 nitrogen and oxygen atoms in total. The molecule has 2 atom stereocenters. The maximum atomic E-state index is 13.0. The van der Waals surface area contributed by atoms with Crippen LogP contribution >= 0.6 is 0 Å². The highest BCUT2D eigenvalue weighted by molar-refractivity contribution is 7.91.